The van der Waals surface area contributed by atoms with Crippen LogP contribution in [0, 0.1) is 0 Å². The van der Waals surface area contributed by atoms with Gasteiger partial charge in [-0.05, 0) is 57.9 Å². The third kappa shape index (κ3) is 5.08. The van der Waals surface area contributed by atoms with E-state index in [0.717, 1.165) is 13.0 Å². The van der Waals surface area contributed by atoms with Crippen molar-refractivity contribution in [3.05, 3.63) is 36.2 Å². The van der Waals surface area contributed by atoms with Gasteiger partial charge in [-0.1, -0.05) is 12.1 Å². The lowest BCUT2D eigenvalue weighted by molar-refractivity contribution is 0.431. The monoisotopic (exact) mass is 218 g/mol. The van der Waals surface area contributed by atoms with Crippen LogP contribution >= 0.6 is 0 Å². The van der Waals surface area contributed by atoms with Crippen LogP contribution in [-0.2, 0) is 0 Å². The van der Waals surface area contributed by atoms with Crippen LogP contribution in [0.25, 0.3) is 5.57 Å². The minimum Gasteiger partial charge on any atom is -0.312 e. The molecule has 0 unspecified atom stereocenters. The van der Waals surface area contributed by atoms with Crippen LogP contribution in [0.1, 0.15) is 39.7 Å². The third-order valence-corrected chi connectivity index (χ3v) is 2.37. The van der Waals surface area contributed by atoms with Gasteiger partial charge in [0, 0.05) is 17.9 Å². The number of nitrogens with zero attached hydrogens (tertiary/aromatic N) is 1. The van der Waals surface area contributed by atoms with E-state index in [-0.39, 0.29) is 5.54 Å². The largest absolute Gasteiger partial charge is 0.312 e. The predicted molar refractivity (Wildman–Crippen MR) is 70.3 cm³/mol. The molecule has 0 aromatic carbocycles. The quantitative estimate of drug-likeness (QED) is 0.785. The van der Waals surface area contributed by atoms with Crippen LogP contribution in [0.2, 0.25) is 0 Å². The van der Waals surface area contributed by atoms with Crippen LogP contribution in [0.3, 0.4) is 0 Å². The summed E-state index contributed by atoms with van der Waals surface area (Å²) in [7, 11) is 0. The minimum absolute atomic E-state index is 0.204. The fourth-order valence-corrected chi connectivity index (χ4v) is 1.45. The number of rotatable bonds is 4. The highest BCUT2D eigenvalue weighted by Gasteiger charge is 2.06. The Labute approximate surface area is 98.8 Å². The summed E-state index contributed by atoms with van der Waals surface area (Å²) in [5, 5.41) is 3.47. The van der Waals surface area contributed by atoms with E-state index in [4.69, 9.17) is 0 Å². The molecule has 0 spiro atoms. The molecular formula is C14H22N2. The second-order valence-electron chi connectivity index (χ2n) is 5.09. The number of allylic oxidation sites excluding steroid dienone is 1. The van der Waals surface area contributed by atoms with Gasteiger partial charge in [0.25, 0.3) is 0 Å². The molecule has 0 saturated carbocycles. The number of hydrogen-bond acceptors (Lipinski definition) is 2. The Morgan fingerprint density at radius 2 is 2.19 bits per heavy atom. The molecule has 1 N–H and O–H groups in total. The molecule has 0 aliphatic heterocycles. The SMILES string of the molecule is CC(=CCCNC(C)(C)C)c1cccnc1. The second kappa shape index (κ2) is 5.80. The third-order valence-electron chi connectivity index (χ3n) is 2.37. The van der Waals surface area contributed by atoms with E-state index in [1.54, 1.807) is 6.20 Å². The molecule has 0 fully saturated rings. The standard InChI is InChI=1S/C14H22N2/c1-12(13-8-6-9-15-11-13)7-5-10-16-14(2,3)4/h6-9,11,16H,5,10H2,1-4H3. The topological polar surface area (TPSA) is 24.9 Å². The Bertz CT molecular complexity index is 334. The molecular weight excluding hydrogens is 196 g/mol. The first kappa shape index (κ1) is 12.9. The molecule has 0 radical (unpaired) electrons. The summed E-state index contributed by atoms with van der Waals surface area (Å²) in [5.41, 5.74) is 2.71. The van der Waals surface area contributed by atoms with E-state index in [0.29, 0.717) is 0 Å². The average Bonchev–Trinajstić information content (AvgIpc) is 2.24. The zero-order valence-corrected chi connectivity index (χ0v) is 10.7. The molecule has 0 aliphatic rings. The molecule has 0 saturated heterocycles. The van der Waals surface area contributed by atoms with Crippen molar-refractivity contribution in [2.24, 2.45) is 0 Å². The highest BCUT2D eigenvalue weighted by molar-refractivity contribution is 5.62. The summed E-state index contributed by atoms with van der Waals surface area (Å²) in [5.74, 6) is 0. The van der Waals surface area contributed by atoms with Gasteiger partial charge in [0.2, 0.25) is 0 Å². The van der Waals surface area contributed by atoms with E-state index >= 15 is 0 Å². The summed E-state index contributed by atoms with van der Waals surface area (Å²) in [6, 6.07) is 4.07. The molecule has 1 rings (SSSR count). The first-order valence-electron chi connectivity index (χ1n) is 5.81. The van der Waals surface area contributed by atoms with Crippen LogP contribution < -0.4 is 5.32 Å². The molecule has 0 aliphatic carbocycles. The summed E-state index contributed by atoms with van der Waals surface area (Å²) >= 11 is 0. The summed E-state index contributed by atoms with van der Waals surface area (Å²) in [6.45, 7) is 9.70. The number of pyridine rings is 1. The van der Waals surface area contributed by atoms with Gasteiger partial charge in [-0.25, -0.2) is 0 Å². The van der Waals surface area contributed by atoms with Gasteiger partial charge in [-0.2, -0.15) is 0 Å². The van der Waals surface area contributed by atoms with Crippen LogP contribution in [-0.4, -0.2) is 17.1 Å². The fourth-order valence-electron chi connectivity index (χ4n) is 1.45. The molecule has 2 heteroatoms. The Hall–Kier alpha value is -1.15. The Morgan fingerprint density at radius 1 is 1.44 bits per heavy atom. The van der Waals surface area contributed by atoms with Crippen LogP contribution in [0.15, 0.2) is 30.6 Å². The van der Waals surface area contributed by atoms with Gasteiger partial charge < -0.3 is 5.32 Å². The lowest BCUT2D eigenvalue weighted by Crippen LogP contribution is -2.36. The van der Waals surface area contributed by atoms with Crippen molar-refractivity contribution in [1.29, 1.82) is 0 Å². The van der Waals surface area contributed by atoms with E-state index in [1.807, 2.05) is 12.3 Å². The van der Waals surface area contributed by atoms with E-state index in [9.17, 15) is 0 Å². The Morgan fingerprint density at radius 3 is 2.75 bits per heavy atom. The number of hydrogen-bond donors (Lipinski definition) is 1. The van der Waals surface area contributed by atoms with Crippen molar-refractivity contribution >= 4 is 5.57 Å². The summed E-state index contributed by atoms with van der Waals surface area (Å²) in [6.07, 6.45) is 7.02. The molecule has 0 atom stereocenters. The highest BCUT2D eigenvalue weighted by atomic mass is 14.9. The van der Waals surface area contributed by atoms with Gasteiger partial charge in [-0.3, -0.25) is 4.98 Å². The highest BCUT2D eigenvalue weighted by Crippen LogP contribution is 2.12. The molecule has 1 aromatic rings. The Balaban J connectivity index is 2.41. The van der Waals surface area contributed by atoms with E-state index < -0.39 is 0 Å². The first-order chi connectivity index (χ1) is 7.49. The van der Waals surface area contributed by atoms with Crippen molar-refractivity contribution in [2.75, 3.05) is 6.54 Å². The van der Waals surface area contributed by atoms with Gasteiger partial charge >= 0.3 is 0 Å². The summed E-state index contributed by atoms with van der Waals surface area (Å²) < 4.78 is 0. The lowest BCUT2D eigenvalue weighted by atomic mass is 10.1. The fraction of sp³-hybridized carbons (Fsp3) is 0.500. The van der Waals surface area contributed by atoms with Crippen molar-refractivity contribution in [1.82, 2.24) is 10.3 Å². The average molecular weight is 218 g/mol. The van der Waals surface area contributed by atoms with Gasteiger partial charge in [0.1, 0.15) is 0 Å². The second-order valence-corrected chi connectivity index (χ2v) is 5.09. The maximum absolute atomic E-state index is 4.12. The zero-order valence-electron chi connectivity index (χ0n) is 10.7. The zero-order chi connectivity index (χ0) is 12.0. The Kier molecular flexibility index (Phi) is 4.69. The molecule has 0 amide bonds. The smallest absolute Gasteiger partial charge is 0.0342 e. The van der Waals surface area contributed by atoms with Crippen LogP contribution in [0.5, 0.6) is 0 Å². The molecule has 16 heavy (non-hydrogen) atoms. The van der Waals surface area contributed by atoms with Crippen molar-refractivity contribution in [3.8, 4) is 0 Å². The number of nitrogens with one attached hydrogen (secondary N) is 1. The lowest BCUT2D eigenvalue weighted by Gasteiger charge is -2.19. The number of aromatic nitrogens is 1. The predicted octanol–water partition coefficient (Wildman–Crippen LogP) is 3.26. The van der Waals surface area contributed by atoms with Crippen molar-refractivity contribution < 1.29 is 0 Å². The molecule has 0 bridgehead atoms. The van der Waals surface area contributed by atoms with Crippen LogP contribution in [0.4, 0.5) is 0 Å². The van der Waals surface area contributed by atoms with Gasteiger partial charge in [0.05, 0.1) is 0 Å². The minimum atomic E-state index is 0.204. The summed E-state index contributed by atoms with van der Waals surface area (Å²) in [4.78, 5) is 4.12. The normalized spacial score (nSPS) is 12.9. The molecule has 1 aromatic heterocycles. The maximum Gasteiger partial charge on any atom is 0.0342 e. The van der Waals surface area contributed by atoms with E-state index in [1.165, 1.54) is 11.1 Å². The maximum atomic E-state index is 4.12. The molecule has 1 heterocycles. The van der Waals surface area contributed by atoms with Gasteiger partial charge in [-0.15, -0.1) is 0 Å². The van der Waals surface area contributed by atoms with E-state index in [2.05, 4.69) is 50.1 Å². The van der Waals surface area contributed by atoms with Crippen molar-refractivity contribution in [3.63, 3.8) is 0 Å². The molecule has 88 valence electrons. The molecule has 2 nitrogen and oxygen atoms in total. The van der Waals surface area contributed by atoms with Gasteiger partial charge in [0.15, 0.2) is 0 Å². The van der Waals surface area contributed by atoms with Crippen molar-refractivity contribution in [2.45, 2.75) is 39.7 Å². The first-order valence-corrected chi connectivity index (χ1v) is 5.81.